The first-order valence-electron chi connectivity index (χ1n) is 6.64. The van der Waals surface area contributed by atoms with E-state index >= 15 is 0 Å². The van der Waals surface area contributed by atoms with Gasteiger partial charge in [0.25, 0.3) is 11.8 Å². The molecule has 0 saturated carbocycles. The van der Waals surface area contributed by atoms with Gasteiger partial charge in [0.05, 0.1) is 0 Å². The van der Waals surface area contributed by atoms with Crippen molar-refractivity contribution in [3.63, 3.8) is 0 Å². The van der Waals surface area contributed by atoms with Crippen molar-refractivity contribution < 1.29 is 19.1 Å². The Morgan fingerprint density at radius 3 is 2.70 bits per heavy atom. The lowest BCUT2D eigenvalue weighted by Gasteiger charge is -2.14. The molecule has 0 aliphatic carbocycles. The third-order valence-corrected chi connectivity index (χ3v) is 2.78. The Morgan fingerprint density at radius 1 is 1.26 bits per heavy atom. The van der Waals surface area contributed by atoms with Crippen LogP contribution in [0.1, 0.15) is 17.4 Å². The third kappa shape index (κ3) is 4.30. The molecule has 1 unspecified atom stereocenters. The number of nitrogens with two attached hydrogens (primary N) is 1. The van der Waals surface area contributed by atoms with Crippen molar-refractivity contribution in [2.45, 2.75) is 13.0 Å². The van der Waals surface area contributed by atoms with E-state index in [1.54, 1.807) is 30.5 Å². The summed E-state index contributed by atoms with van der Waals surface area (Å²) >= 11 is 0. The summed E-state index contributed by atoms with van der Waals surface area (Å²) in [6.45, 7) is 1.36. The van der Waals surface area contributed by atoms with Gasteiger partial charge in [0.15, 0.2) is 6.10 Å². The summed E-state index contributed by atoms with van der Waals surface area (Å²) in [5.41, 5.74) is 7.45. The molecule has 0 bridgehead atoms. The van der Waals surface area contributed by atoms with Gasteiger partial charge in [-0.25, -0.2) is 9.78 Å². The molecular weight excluding hydrogens is 302 g/mol. The number of primary amides is 1. The fraction of sp³-hybridized carbons (Fsp3) is 0.143. The van der Waals surface area contributed by atoms with E-state index < -0.39 is 24.0 Å². The van der Waals surface area contributed by atoms with Crippen molar-refractivity contribution >= 4 is 23.7 Å². The van der Waals surface area contributed by atoms with Crippen LogP contribution >= 0.6 is 0 Å². The van der Waals surface area contributed by atoms with Gasteiger partial charge in [0, 0.05) is 12.4 Å². The molecule has 0 aromatic carbocycles. The molecule has 2 aromatic heterocycles. The number of amides is 3. The van der Waals surface area contributed by atoms with Crippen LogP contribution in [0.2, 0.25) is 0 Å². The molecule has 120 valence electrons. The summed E-state index contributed by atoms with van der Waals surface area (Å²) < 4.78 is 5.77. The topological polar surface area (TPSA) is 128 Å². The minimum absolute atomic E-state index is 0.176. The zero-order valence-electron chi connectivity index (χ0n) is 12.2. The van der Waals surface area contributed by atoms with Crippen LogP contribution in [0.5, 0.6) is 0 Å². The highest BCUT2D eigenvalue weighted by Crippen LogP contribution is 2.06. The number of aromatic nitrogens is 2. The SMILES string of the molecule is CC(OC(N)=O)C(=O)Nn1cccc1C(=O)Nc1ccccn1. The lowest BCUT2D eigenvalue weighted by atomic mass is 10.4. The number of rotatable bonds is 5. The Bertz CT molecular complexity index is 713. The molecule has 1 atom stereocenters. The number of pyridine rings is 1. The normalized spacial score (nSPS) is 11.3. The van der Waals surface area contributed by atoms with Crippen LogP contribution in [0.4, 0.5) is 10.6 Å². The third-order valence-electron chi connectivity index (χ3n) is 2.78. The average molecular weight is 317 g/mol. The predicted octanol–water partition coefficient (Wildman–Crippen LogP) is 0.689. The molecule has 0 saturated heterocycles. The fourth-order valence-electron chi connectivity index (χ4n) is 1.72. The second-order valence-electron chi connectivity index (χ2n) is 4.49. The maximum atomic E-state index is 12.2. The summed E-state index contributed by atoms with van der Waals surface area (Å²) in [6, 6.07) is 8.17. The van der Waals surface area contributed by atoms with Crippen molar-refractivity contribution in [3.05, 3.63) is 48.4 Å². The maximum Gasteiger partial charge on any atom is 0.405 e. The van der Waals surface area contributed by atoms with Gasteiger partial charge in [-0.05, 0) is 31.2 Å². The molecule has 0 spiro atoms. The maximum absolute atomic E-state index is 12.2. The van der Waals surface area contributed by atoms with Crippen LogP contribution in [0.3, 0.4) is 0 Å². The Labute approximate surface area is 131 Å². The van der Waals surface area contributed by atoms with Gasteiger partial charge < -0.3 is 15.8 Å². The van der Waals surface area contributed by atoms with Crippen LogP contribution in [-0.4, -0.2) is 33.7 Å². The largest absolute Gasteiger partial charge is 0.437 e. The Hall–Kier alpha value is -3.36. The van der Waals surface area contributed by atoms with Crippen molar-refractivity contribution in [1.82, 2.24) is 9.66 Å². The van der Waals surface area contributed by atoms with Gasteiger partial charge in [-0.3, -0.25) is 19.7 Å². The van der Waals surface area contributed by atoms with Gasteiger partial charge in [-0.1, -0.05) is 6.07 Å². The number of carbonyl (C=O) groups is 3. The zero-order chi connectivity index (χ0) is 16.8. The summed E-state index contributed by atoms with van der Waals surface area (Å²) in [5.74, 6) is -0.716. The second-order valence-corrected chi connectivity index (χ2v) is 4.49. The fourth-order valence-corrected chi connectivity index (χ4v) is 1.72. The molecule has 0 radical (unpaired) electrons. The smallest absolute Gasteiger partial charge is 0.405 e. The molecular formula is C14H15N5O4. The highest BCUT2D eigenvalue weighted by atomic mass is 16.6. The van der Waals surface area contributed by atoms with Crippen LogP contribution in [0, 0.1) is 0 Å². The molecule has 4 N–H and O–H groups in total. The van der Waals surface area contributed by atoms with E-state index in [1.165, 1.54) is 23.9 Å². The van der Waals surface area contributed by atoms with Gasteiger partial charge in [-0.15, -0.1) is 0 Å². The zero-order valence-corrected chi connectivity index (χ0v) is 12.2. The molecule has 23 heavy (non-hydrogen) atoms. The van der Waals surface area contributed by atoms with Gasteiger partial charge in [-0.2, -0.15) is 0 Å². The molecule has 9 nitrogen and oxygen atoms in total. The first-order valence-corrected chi connectivity index (χ1v) is 6.64. The molecule has 2 rings (SSSR count). The van der Waals surface area contributed by atoms with Gasteiger partial charge >= 0.3 is 6.09 Å². The highest BCUT2D eigenvalue weighted by Gasteiger charge is 2.19. The summed E-state index contributed by atoms with van der Waals surface area (Å²) in [6.07, 6.45) is 0.858. The number of anilines is 1. The molecule has 2 aromatic rings. The first kappa shape index (κ1) is 16.0. The summed E-state index contributed by atoms with van der Waals surface area (Å²) in [5, 5.41) is 2.59. The lowest BCUT2D eigenvalue weighted by molar-refractivity contribution is -0.124. The van der Waals surface area contributed by atoms with E-state index in [-0.39, 0.29) is 5.69 Å². The lowest BCUT2D eigenvalue weighted by Crippen LogP contribution is -2.37. The van der Waals surface area contributed by atoms with Crippen molar-refractivity contribution in [3.8, 4) is 0 Å². The van der Waals surface area contributed by atoms with Crippen LogP contribution in [-0.2, 0) is 9.53 Å². The Morgan fingerprint density at radius 2 is 2.04 bits per heavy atom. The molecule has 0 aliphatic rings. The summed E-state index contributed by atoms with van der Waals surface area (Å²) in [4.78, 5) is 38.7. The number of carbonyl (C=O) groups excluding carboxylic acids is 3. The van der Waals surface area contributed by atoms with Crippen LogP contribution in [0.25, 0.3) is 0 Å². The van der Waals surface area contributed by atoms with Gasteiger partial charge in [0.1, 0.15) is 11.5 Å². The van der Waals surface area contributed by atoms with Crippen molar-refractivity contribution in [2.24, 2.45) is 5.73 Å². The van der Waals surface area contributed by atoms with Crippen LogP contribution < -0.4 is 16.5 Å². The van der Waals surface area contributed by atoms with E-state index in [2.05, 4.69) is 20.5 Å². The molecule has 0 fully saturated rings. The van der Waals surface area contributed by atoms with Gasteiger partial charge in [0.2, 0.25) is 0 Å². The van der Waals surface area contributed by atoms with Crippen molar-refractivity contribution in [2.75, 3.05) is 10.7 Å². The van der Waals surface area contributed by atoms with E-state index in [9.17, 15) is 14.4 Å². The predicted molar refractivity (Wildman–Crippen MR) is 81.1 cm³/mol. The minimum Gasteiger partial charge on any atom is -0.437 e. The standard InChI is InChI=1S/C14H15N5O4/c1-9(23-14(15)22)12(20)18-19-8-4-5-10(19)13(21)17-11-6-2-3-7-16-11/h2-9H,1H3,(H2,15,22)(H,18,20)(H,16,17,21). The van der Waals surface area contributed by atoms with E-state index in [1.807, 2.05) is 0 Å². The molecule has 9 heteroatoms. The molecule has 3 amide bonds. The van der Waals surface area contributed by atoms with E-state index in [0.717, 1.165) is 0 Å². The monoisotopic (exact) mass is 317 g/mol. The summed E-state index contributed by atoms with van der Waals surface area (Å²) in [7, 11) is 0. The number of ether oxygens (including phenoxy) is 1. The average Bonchev–Trinajstić information content (AvgIpc) is 2.95. The Balaban J connectivity index is 2.05. The first-order chi connectivity index (χ1) is 11.0. The molecule has 2 heterocycles. The molecule has 0 aliphatic heterocycles. The number of hydrogen-bond donors (Lipinski definition) is 3. The number of nitrogens with one attached hydrogen (secondary N) is 2. The quantitative estimate of drug-likeness (QED) is 0.747. The van der Waals surface area contributed by atoms with Crippen LogP contribution in [0.15, 0.2) is 42.7 Å². The Kier molecular flexibility index (Phi) is 4.92. The number of nitrogens with zero attached hydrogens (tertiary/aromatic N) is 2. The number of hydrogen-bond acceptors (Lipinski definition) is 5. The van der Waals surface area contributed by atoms with E-state index in [0.29, 0.717) is 5.82 Å². The van der Waals surface area contributed by atoms with Crippen molar-refractivity contribution in [1.29, 1.82) is 0 Å². The minimum atomic E-state index is -1.10. The van der Waals surface area contributed by atoms with E-state index in [4.69, 9.17) is 5.73 Å². The second kappa shape index (κ2) is 7.07. The highest BCUT2D eigenvalue weighted by molar-refractivity contribution is 6.03.